The van der Waals surface area contributed by atoms with Crippen molar-refractivity contribution in [2.24, 2.45) is 4.99 Å². The molecule has 6 heteroatoms. The number of rotatable bonds is 7. The third-order valence-corrected chi connectivity index (χ3v) is 4.22. The molecule has 2 rings (SSSR count). The summed E-state index contributed by atoms with van der Waals surface area (Å²) >= 11 is 0. The van der Waals surface area contributed by atoms with Gasteiger partial charge in [-0.15, -0.1) is 0 Å². The predicted octanol–water partition coefficient (Wildman–Crippen LogP) is 3.08. The first-order valence-electron chi connectivity index (χ1n) is 8.81. The lowest BCUT2D eigenvalue weighted by atomic mass is 10.2. The van der Waals surface area contributed by atoms with Crippen LogP contribution in [0.3, 0.4) is 0 Å². The molecule has 134 valence electrons. The fourth-order valence-electron chi connectivity index (χ4n) is 2.85. The Labute approximate surface area is 144 Å². The van der Waals surface area contributed by atoms with Crippen molar-refractivity contribution in [3.63, 3.8) is 0 Å². The largest absolute Gasteiger partial charge is 0.464 e. The number of carbonyl (C=O) groups is 1. The highest BCUT2D eigenvalue weighted by Crippen LogP contribution is 2.21. The number of guanidine groups is 1. The Morgan fingerprint density at radius 1 is 1.42 bits per heavy atom. The lowest BCUT2D eigenvalue weighted by Crippen LogP contribution is -2.39. The second kappa shape index (κ2) is 9.35. The minimum absolute atomic E-state index is 0.0252. The molecule has 1 unspecified atom stereocenters. The van der Waals surface area contributed by atoms with Gasteiger partial charge in [-0.2, -0.15) is 0 Å². The lowest BCUT2D eigenvalue weighted by molar-refractivity contribution is -0.148. The Balaban J connectivity index is 1.63. The van der Waals surface area contributed by atoms with E-state index in [1.807, 2.05) is 26.0 Å². The zero-order valence-corrected chi connectivity index (χ0v) is 14.9. The average Bonchev–Trinajstić information content (AvgIpc) is 3.21. The number of furan rings is 1. The van der Waals surface area contributed by atoms with Crippen molar-refractivity contribution in [3.8, 4) is 0 Å². The average molecular weight is 335 g/mol. The maximum atomic E-state index is 11.8. The molecule has 1 atom stereocenters. The van der Waals surface area contributed by atoms with Gasteiger partial charge >= 0.3 is 5.97 Å². The van der Waals surface area contributed by atoms with Crippen LogP contribution in [0.25, 0.3) is 0 Å². The molecule has 0 radical (unpaired) electrons. The van der Waals surface area contributed by atoms with E-state index in [0.717, 1.165) is 30.8 Å². The van der Waals surface area contributed by atoms with Crippen molar-refractivity contribution >= 4 is 11.9 Å². The smallest absolute Gasteiger partial charge is 0.306 e. The highest BCUT2D eigenvalue weighted by atomic mass is 16.5. The number of esters is 1. The molecule has 0 saturated heterocycles. The standard InChI is InChI=1S/C18H29N3O3/c1-13-10-11-16(23-13)14(2)21-18(19-3)20-12-6-9-17(22)24-15-7-4-5-8-15/h10-11,14-15H,4-9,12H2,1-3H3,(H2,19,20,21). The zero-order chi connectivity index (χ0) is 17.4. The van der Waals surface area contributed by atoms with Gasteiger partial charge in [-0.25, -0.2) is 0 Å². The van der Waals surface area contributed by atoms with Gasteiger partial charge in [-0.1, -0.05) is 0 Å². The van der Waals surface area contributed by atoms with Crippen LogP contribution in [0, 0.1) is 6.92 Å². The fraction of sp³-hybridized carbons (Fsp3) is 0.667. The van der Waals surface area contributed by atoms with Crippen LogP contribution in [-0.2, 0) is 9.53 Å². The number of aryl methyl sites for hydroxylation is 1. The third kappa shape index (κ3) is 5.91. The molecule has 1 aliphatic carbocycles. The Morgan fingerprint density at radius 3 is 2.79 bits per heavy atom. The van der Waals surface area contributed by atoms with Gasteiger partial charge in [0.15, 0.2) is 5.96 Å². The van der Waals surface area contributed by atoms with Crippen molar-refractivity contribution in [2.45, 2.75) is 64.5 Å². The summed E-state index contributed by atoms with van der Waals surface area (Å²) in [4.78, 5) is 16.0. The molecule has 1 saturated carbocycles. The van der Waals surface area contributed by atoms with E-state index in [9.17, 15) is 4.79 Å². The first-order chi connectivity index (χ1) is 11.6. The quantitative estimate of drug-likeness (QED) is 0.347. The molecule has 2 N–H and O–H groups in total. The van der Waals surface area contributed by atoms with Crippen LogP contribution in [0.5, 0.6) is 0 Å². The maximum Gasteiger partial charge on any atom is 0.306 e. The van der Waals surface area contributed by atoms with E-state index in [2.05, 4.69) is 15.6 Å². The number of hydrogen-bond donors (Lipinski definition) is 2. The van der Waals surface area contributed by atoms with E-state index in [4.69, 9.17) is 9.15 Å². The van der Waals surface area contributed by atoms with E-state index < -0.39 is 0 Å². The van der Waals surface area contributed by atoms with E-state index in [1.165, 1.54) is 12.8 Å². The van der Waals surface area contributed by atoms with E-state index in [1.54, 1.807) is 7.05 Å². The molecule has 1 aromatic heterocycles. The van der Waals surface area contributed by atoms with Crippen LogP contribution >= 0.6 is 0 Å². The van der Waals surface area contributed by atoms with Gasteiger partial charge in [0.2, 0.25) is 0 Å². The van der Waals surface area contributed by atoms with Crippen molar-refractivity contribution in [1.82, 2.24) is 10.6 Å². The molecule has 1 aliphatic rings. The van der Waals surface area contributed by atoms with Crippen LogP contribution in [0.15, 0.2) is 21.5 Å². The van der Waals surface area contributed by atoms with Gasteiger partial charge in [-0.05, 0) is 58.1 Å². The number of nitrogens with one attached hydrogen (secondary N) is 2. The topological polar surface area (TPSA) is 75.9 Å². The SMILES string of the molecule is CN=C(NCCCC(=O)OC1CCCC1)NC(C)c1ccc(C)o1. The predicted molar refractivity (Wildman–Crippen MR) is 93.9 cm³/mol. The monoisotopic (exact) mass is 335 g/mol. The van der Waals surface area contributed by atoms with Crippen LogP contribution < -0.4 is 10.6 Å². The molecule has 24 heavy (non-hydrogen) atoms. The number of hydrogen-bond acceptors (Lipinski definition) is 4. The van der Waals surface area contributed by atoms with E-state index in [-0.39, 0.29) is 18.1 Å². The third-order valence-electron chi connectivity index (χ3n) is 4.22. The molecular formula is C18H29N3O3. The number of aliphatic imine (C=N–C) groups is 1. The molecule has 0 bridgehead atoms. The van der Waals surface area contributed by atoms with Gasteiger partial charge in [0.05, 0.1) is 6.04 Å². The minimum Gasteiger partial charge on any atom is -0.464 e. The van der Waals surface area contributed by atoms with E-state index >= 15 is 0 Å². The normalized spacial score (nSPS) is 16.9. The van der Waals surface area contributed by atoms with Crippen molar-refractivity contribution in [1.29, 1.82) is 0 Å². The Bertz CT molecular complexity index is 547. The fourth-order valence-corrected chi connectivity index (χ4v) is 2.85. The first kappa shape index (κ1) is 18.4. The Kier molecular flexibility index (Phi) is 7.15. The summed E-state index contributed by atoms with van der Waals surface area (Å²) in [6.45, 7) is 4.61. The summed E-state index contributed by atoms with van der Waals surface area (Å²) in [5, 5.41) is 6.49. The van der Waals surface area contributed by atoms with Gasteiger partial charge in [0.1, 0.15) is 17.6 Å². The molecule has 1 aromatic rings. The summed E-state index contributed by atoms with van der Waals surface area (Å²) in [6.07, 6.45) is 5.70. The van der Waals surface area contributed by atoms with Crippen LogP contribution in [0.4, 0.5) is 0 Å². The molecule has 1 fully saturated rings. The molecule has 1 heterocycles. The maximum absolute atomic E-state index is 11.8. The second-order valence-electron chi connectivity index (χ2n) is 6.31. The molecule has 0 amide bonds. The van der Waals surface area contributed by atoms with Gasteiger partial charge in [0, 0.05) is 20.0 Å². The second-order valence-corrected chi connectivity index (χ2v) is 6.31. The summed E-state index contributed by atoms with van der Waals surface area (Å²) in [7, 11) is 1.73. The number of ether oxygens (including phenoxy) is 1. The molecule has 0 aromatic carbocycles. The molecule has 0 aliphatic heterocycles. The van der Waals surface area contributed by atoms with Crippen molar-refractivity contribution in [3.05, 3.63) is 23.7 Å². The van der Waals surface area contributed by atoms with Gasteiger partial charge in [0.25, 0.3) is 0 Å². The Hall–Kier alpha value is -1.98. The lowest BCUT2D eigenvalue weighted by Gasteiger charge is -2.16. The van der Waals surface area contributed by atoms with Gasteiger partial charge in [-0.3, -0.25) is 9.79 Å². The van der Waals surface area contributed by atoms with E-state index in [0.29, 0.717) is 18.9 Å². The summed E-state index contributed by atoms with van der Waals surface area (Å²) in [5.41, 5.74) is 0. The van der Waals surface area contributed by atoms with Crippen molar-refractivity contribution < 1.29 is 13.9 Å². The number of nitrogens with zero attached hydrogens (tertiary/aromatic N) is 1. The Morgan fingerprint density at radius 2 is 2.17 bits per heavy atom. The molecule has 6 nitrogen and oxygen atoms in total. The van der Waals surface area contributed by atoms with Gasteiger partial charge < -0.3 is 19.8 Å². The molecule has 0 spiro atoms. The molecular weight excluding hydrogens is 306 g/mol. The van der Waals surface area contributed by atoms with Crippen molar-refractivity contribution in [2.75, 3.05) is 13.6 Å². The van der Waals surface area contributed by atoms with Crippen LogP contribution in [-0.4, -0.2) is 31.6 Å². The minimum atomic E-state index is -0.0916. The summed E-state index contributed by atoms with van der Waals surface area (Å²) in [5.74, 6) is 2.37. The van der Waals surface area contributed by atoms with Crippen LogP contribution in [0.1, 0.15) is 63.0 Å². The highest BCUT2D eigenvalue weighted by molar-refractivity contribution is 5.80. The van der Waals surface area contributed by atoms with Crippen LogP contribution in [0.2, 0.25) is 0 Å². The zero-order valence-electron chi connectivity index (χ0n) is 14.9. The highest BCUT2D eigenvalue weighted by Gasteiger charge is 2.18. The number of carbonyl (C=O) groups excluding carboxylic acids is 1. The summed E-state index contributed by atoms with van der Waals surface area (Å²) < 4.78 is 11.0. The summed E-state index contributed by atoms with van der Waals surface area (Å²) in [6, 6.07) is 3.93. The first-order valence-corrected chi connectivity index (χ1v) is 8.81.